The molecule has 76 valence electrons. The van der Waals surface area contributed by atoms with E-state index in [9.17, 15) is 0 Å². The van der Waals surface area contributed by atoms with Crippen molar-refractivity contribution in [2.45, 2.75) is 39.2 Å². The van der Waals surface area contributed by atoms with E-state index >= 15 is 0 Å². The minimum Gasteiger partial charge on any atom is -0.312 e. The molecule has 1 nitrogen and oxygen atoms in total. The van der Waals surface area contributed by atoms with Crippen LogP contribution in [0.4, 0.5) is 0 Å². The van der Waals surface area contributed by atoms with E-state index in [1.165, 1.54) is 37.3 Å². The van der Waals surface area contributed by atoms with Gasteiger partial charge in [-0.15, -0.1) is 0 Å². The van der Waals surface area contributed by atoms with Crippen LogP contribution in [0.5, 0.6) is 0 Å². The zero-order chi connectivity index (χ0) is 9.31. The Morgan fingerprint density at radius 3 is 2.62 bits per heavy atom. The predicted molar refractivity (Wildman–Crippen MR) is 60.2 cm³/mol. The highest BCUT2D eigenvalue weighted by Crippen LogP contribution is 2.39. The van der Waals surface area contributed by atoms with Crippen LogP contribution >= 0.6 is 11.8 Å². The minimum absolute atomic E-state index is 0.646. The molecule has 0 aromatic carbocycles. The van der Waals surface area contributed by atoms with E-state index in [4.69, 9.17) is 0 Å². The number of rotatable bonds is 3. The van der Waals surface area contributed by atoms with Crippen LogP contribution in [0.2, 0.25) is 0 Å². The molecule has 2 fully saturated rings. The van der Waals surface area contributed by atoms with Crippen LogP contribution in [0.3, 0.4) is 0 Å². The summed E-state index contributed by atoms with van der Waals surface area (Å²) in [5.74, 6) is 3.57. The van der Waals surface area contributed by atoms with Gasteiger partial charge in [0.2, 0.25) is 0 Å². The molecule has 1 aliphatic heterocycles. The average Bonchev–Trinajstić information content (AvgIpc) is 2.44. The lowest BCUT2D eigenvalue weighted by atomic mass is 9.70. The van der Waals surface area contributed by atoms with E-state index in [1.807, 2.05) is 0 Å². The van der Waals surface area contributed by atoms with Crippen LogP contribution in [0.1, 0.15) is 33.1 Å². The fourth-order valence-electron chi connectivity index (χ4n) is 2.26. The Balaban J connectivity index is 1.72. The summed E-state index contributed by atoms with van der Waals surface area (Å²) < 4.78 is 0. The molecule has 1 saturated heterocycles. The fraction of sp³-hybridized carbons (Fsp3) is 1.00. The number of hydrogen-bond donors (Lipinski definition) is 1. The lowest BCUT2D eigenvalue weighted by Crippen LogP contribution is -2.44. The molecule has 2 heteroatoms. The fourth-order valence-corrected chi connectivity index (χ4v) is 3.70. The van der Waals surface area contributed by atoms with Gasteiger partial charge in [0.15, 0.2) is 0 Å². The Labute approximate surface area is 86.0 Å². The number of nitrogens with one attached hydrogen (secondary N) is 1. The molecule has 13 heavy (non-hydrogen) atoms. The maximum atomic E-state index is 3.75. The van der Waals surface area contributed by atoms with Gasteiger partial charge in [-0.25, -0.2) is 0 Å². The summed E-state index contributed by atoms with van der Waals surface area (Å²) in [6, 6.07) is 0.794. The standard InChI is InChI=1S/C11H21NS/c1-9-6-13-7-10(9)12-8-11(2)4-3-5-11/h9-10,12H,3-8H2,1-2H3. The van der Waals surface area contributed by atoms with Crippen molar-refractivity contribution in [3.05, 3.63) is 0 Å². The van der Waals surface area contributed by atoms with Crippen molar-refractivity contribution in [2.75, 3.05) is 18.1 Å². The number of thioether (sulfide) groups is 1. The Bertz CT molecular complexity index is 177. The smallest absolute Gasteiger partial charge is 0.0191 e. The van der Waals surface area contributed by atoms with Gasteiger partial charge in [0, 0.05) is 18.3 Å². The van der Waals surface area contributed by atoms with E-state index < -0.39 is 0 Å². The van der Waals surface area contributed by atoms with Crippen molar-refractivity contribution in [1.82, 2.24) is 5.32 Å². The molecule has 0 aromatic heterocycles. The number of hydrogen-bond acceptors (Lipinski definition) is 2. The highest BCUT2D eigenvalue weighted by atomic mass is 32.2. The third-order valence-corrected chi connectivity index (χ3v) is 5.07. The zero-order valence-corrected chi connectivity index (χ0v) is 9.62. The quantitative estimate of drug-likeness (QED) is 0.749. The first-order valence-electron chi connectivity index (χ1n) is 5.51. The molecule has 0 radical (unpaired) electrons. The van der Waals surface area contributed by atoms with Gasteiger partial charge < -0.3 is 5.32 Å². The summed E-state index contributed by atoms with van der Waals surface area (Å²) in [5, 5.41) is 3.75. The second-order valence-corrected chi connectivity index (χ2v) is 6.24. The van der Waals surface area contributed by atoms with Crippen LogP contribution in [-0.2, 0) is 0 Å². The Hall–Kier alpha value is 0.310. The van der Waals surface area contributed by atoms with E-state index in [2.05, 4.69) is 30.9 Å². The molecule has 2 rings (SSSR count). The van der Waals surface area contributed by atoms with Gasteiger partial charge in [-0.2, -0.15) is 11.8 Å². The summed E-state index contributed by atoms with van der Waals surface area (Å²) in [4.78, 5) is 0. The summed E-state index contributed by atoms with van der Waals surface area (Å²) in [7, 11) is 0. The van der Waals surface area contributed by atoms with Gasteiger partial charge in [-0.1, -0.05) is 20.3 Å². The van der Waals surface area contributed by atoms with Crippen LogP contribution < -0.4 is 5.32 Å². The van der Waals surface area contributed by atoms with Gasteiger partial charge in [0.25, 0.3) is 0 Å². The van der Waals surface area contributed by atoms with Crippen molar-refractivity contribution < 1.29 is 0 Å². The van der Waals surface area contributed by atoms with Crippen LogP contribution in [0.15, 0.2) is 0 Å². The molecule has 0 aromatic rings. The first-order valence-corrected chi connectivity index (χ1v) is 6.66. The molecule has 1 aliphatic carbocycles. The molecule has 2 aliphatic rings. The van der Waals surface area contributed by atoms with Crippen LogP contribution in [-0.4, -0.2) is 24.1 Å². The first-order chi connectivity index (χ1) is 6.20. The molecule has 1 N–H and O–H groups in total. The van der Waals surface area contributed by atoms with E-state index in [1.54, 1.807) is 0 Å². The van der Waals surface area contributed by atoms with Gasteiger partial charge in [-0.05, 0) is 29.9 Å². The van der Waals surface area contributed by atoms with E-state index in [-0.39, 0.29) is 0 Å². The molecular weight excluding hydrogens is 178 g/mol. The molecule has 1 saturated carbocycles. The highest BCUT2D eigenvalue weighted by molar-refractivity contribution is 7.99. The highest BCUT2D eigenvalue weighted by Gasteiger charge is 2.33. The molecule has 2 unspecified atom stereocenters. The van der Waals surface area contributed by atoms with Crippen molar-refractivity contribution in [3.63, 3.8) is 0 Å². The van der Waals surface area contributed by atoms with Crippen molar-refractivity contribution in [3.8, 4) is 0 Å². The maximum absolute atomic E-state index is 3.75. The summed E-state index contributed by atoms with van der Waals surface area (Å²) in [5.41, 5.74) is 0.646. The second-order valence-electron chi connectivity index (χ2n) is 5.17. The van der Waals surface area contributed by atoms with E-state index in [0.29, 0.717) is 5.41 Å². The summed E-state index contributed by atoms with van der Waals surface area (Å²) in [6.07, 6.45) is 4.33. The molecule has 0 amide bonds. The normalized spacial score (nSPS) is 37.4. The Kier molecular flexibility index (Phi) is 2.89. The molecule has 0 bridgehead atoms. The molecule has 2 atom stereocenters. The van der Waals surface area contributed by atoms with Gasteiger partial charge in [0.1, 0.15) is 0 Å². The third-order valence-electron chi connectivity index (χ3n) is 3.72. The van der Waals surface area contributed by atoms with Gasteiger partial charge >= 0.3 is 0 Å². The SMILES string of the molecule is CC1CSCC1NCC1(C)CCC1. The molecule has 0 spiro atoms. The van der Waals surface area contributed by atoms with E-state index in [0.717, 1.165) is 12.0 Å². The van der Waals surface area contributed by atoms with Crippen molar-refractivity contribution in [2.24, 2.45) is 11.3 Å². The largest absolute Gasteiger partial charge is 0.312 e. The van der Waals surface area contributed by atoms with Gasteiger partial charge in [-0.3, -0.25) is 0 Å². The van der Waals surface area contributed by atoms with Gasteiger partial charge in [0.05, 0.1) is 0 Å². The summed E-state index contributed by atoms with van der Waals surface area (Å²) in [6.45, 7) is 6.06. The lowest BCUT2D eigenvalue weighted by molar-refractivity contribution is 0.149. The average molecular weight is 199 g/mol. The molecule has 1 heterocycles. The van der Waals surface area contributed by atoms with Crippen LogP contribution in [0, 0.1) is 11.3 Å². The Morgan fingerprint density at radius 2 is 2.15 bits per heavy atom. The topological polar surface area (TPSA) is 12.0 Å². The third kappa shape index (κ3) is 2.21. The Morgan fingerprint density at radius 1 is 1.38 bits per heavy atom. The monoisotopic (exact) mass is 199 g/mol. The van der Waals surface area contributed by atoms with Crippen molar-refractivity contribution in [1.29, 1.82) is 0 Å². The second kappa shape index (κ2) is 3.82. The summed E-state index contributed by atoms with van der Waals surface area (Å²) >= 11 is 2.10. The zero-order valence-electron chi connectivity index (χ0n) is 8.81. The maximum Gasteiger partial charge on any atom is 0.0191 e. The van der Waals surface area contributed by atoms with Crippen LogP contribution in [0.25, 0.3) is 0 Å². The first kappa shape index (κ1) is 9.85. The predicted octanol–water partition coefficient (Wildman–Crippen LogP) is 2.52. The molecular formula is C11H21NS. The lowest BCUT2D eigenvalue weighted by Gasteiger charge is -2.39. The van der Waals surface area contributed by atoms with Crippen molar-refractivity contribution >= 4 is 11.8 Å². The minimum atomic E-state index is 0.646.